The van der Waals surface area contributed by atoms with Crippen LogP contribution in [0.15, 0.2) is 18.2 Å². The molecule has 0 atom stereocenters. The summed E-state index contributed by atoms with van der Waals surface area (Å²) in [4.78, 5) is 6.89. The summed E-state index contributed by atoms with van der Waals surface area (Å²) in [6.45, 7) is 6.35. The molecule has 0 spiro atoms. The van der Waals surface area contributed by atoms with Crippen molar-refractivity contribution in [3.05, 3.63) is 29.6 Å². The van der Waals surface area contributed by atoms with Gasteiger partial charge in [0.2, 0.25) is 0 Å². The number of hydrogen-bond donors (Lipinski definition) is 1. The molecule has 1 aromatic heterocycles. The van der Waals surface area contributed by atoms with E-state index in [9.17, 15) is 0 Å². The Labute approximate surface area is 116 Å². The molecule has 0 aliphatic carbocycles. The number of nitrogens with zero attached hydrogens (tertiary/aromatic N) is 2. The first-order valence-electron chi connectivity index (χ1n) is 7.02. The molecule has 1 aliphatic heterocycles. The Bertz CT molecular complexity index is 402. The van der Waals surface area contributed by atoms with E-state index >= 15 is 0 Å². The Morgan fingerprint density at radius 3 is 2.74 bits per heavy atom. The van der Waals surface area contributed by atoms with E-state index in [1.54, 1.807) is 0 Å². The average Bonchev–Trinajstić information content (AvgIpc) is 2.39. The Balaban J connectivity index is 1.94. The molecule has 1 saturated heterocycles. The van der Waals surface area contributed by atoms with Gasteiger partial charge in [0.15, 0.2) is 0 Å². The lowest BCUT2D eigenvalue weighted by molar-refractivity contribution is 0.00253. The van der Waals surface area contributed by atoms with Gasteiger partial charge in [0.25, 0.3) is 0 Å². The van der Waals surface area contributed by atoms with Gasteiger partial charge >= 0.3 is 0 Å². The third kappa shape index (κ3) is 4.00. The molecule has 4 nitrogen and oxygen atoms in total. The van der Waals surface area contributed by atoms with Crippen LogP contribution in [0.25, 0.3) is 0 Å². The molecule has 0 saturated carbocycles. The number of aromatic nitrogens is 1. The Morgan fingerprint density at radius 2 is 2.11 bits per heavy atom. The maximum absolute atomic E-state index is 6.01. The Kier molecular flexibility index (Phi) is 4.91. The topological polar surface area (TPSA) is 51.4 Å². The molecule has 1 aromatic rings. The second-order valence-corrected chi connectivity index (χ2v) is 5.76. The summed E-state index contributed by atoms with van der Waals surface area (Å²) in [6.07, 6.45) is 2.13. The lowest BCUT2D eigenvalue weighted by Crippen LogP contribution is -2.44. The molecule has 1 fully saturated rings. The maximum Gasteiger partial charge on any atom is 0.0547 e. The highest BCUT2D eigenvalue weighted by Gasteiger charge is 2.32. The van der Waals surface area contributed by atoms with Crippen LogP contribution in [0.1, 0.15) is 24.2 Å². The lowest BCUT2D eigenvalue weighted by Gasteiger charge is -2.39. The van der Waals surface area contributed by atoms with Gasteiger partial charge in [0.05, 0.1) is 5.69 Å². The quantitative estimate of drug-likeness (QED) is 0.876. The largest absolute Gasteiger partial charge is 0.381 e. The monoisotopic (exact) mass is 263 g/mol. The number of hydrogen-bond acceptors (Lipinski definition) is 4. The van der Waals surface area contributed by atoms with Gasteiger partial charge in [-0.1, -0.05) is 6.07 Å². The van der Waals surface area contributed by atoms with Crippen molar-refractivity contribution in [3.8, 4) is 0 Å². The fraction of sp³-hybridized carbons (Fsp3) is 0.667. The van der Waals surface area contributed by atoms with Crippen molar-refractivity contribution < 1.29 is 4.74 Å². The molecule has 106 valence electrons. The third-order valence-electron chi connectivity index (χ3n) is 3.97. The normalized spacial score (nSPS) is 18.7. The van der Waals surface area contributed by atoms with Crippen molar-refractivity contribution in [1.29, 1.82) is 0 Å². The van der Waals surface area contributed by atoms with E-state index in [1.165, 1.54) is 0 Å². The zero-order valence-corrected chi connectivity index (χ0v) is 12.1. The highest BCUT2D eigenvalue weighted by atomic mass is 16.5. The van der Waals surface area contributed by atoms with Crippen molar-refractivity contribution >= 4 is 0 Å². The number of aryl methyl sites for hydroxylation is 1. The van der Waals surface area contributed by atoms with Crippen LogP contribution >= 0.6 is 0 Å². The lowest BCUT2D eigenvalue weighted by atomic mass is 9.80. The van der Waals surface area contributed by atoms with Crippen LogP contribution < -0.4 is 5.73 Å². The molecule has 2 heterocycles. The summed E-state index contributed by atoms with van der Waals surface area (Å²) >= 11 is 0. The highest BCUT2D eigenvalue weighted by molar-refractivity contribution is 5.09. The summed E-state index contributed by atoms with van der Waals surface area (Å²) in [6, 6.07) is 6.19. The van der Waals surface area contributed by atoms with Gasteiger partial charge in [-0.25, -0.2) is 0 Å². The summed E-state index contributed by atoms with van der Waals surface area (Å²) in [5.74, 6) is 0. The SMILES string of the molecule is Cc1cccc(CN(C)CC2(CN)CCOCC2)n1. The molecule has 0 radical (unpaired) electrons. The Morgan fingerprint density at radius 1 is 1.37 bits per heavy atom. The van der Waals surface area contributed by atoms with Gasteiger partial charge in [0, 0.05) is 32.0 Å². The predicted molar refractivity (Wildman–Crippen MR) is 76.8 cm³/mol. The standard InChI is InChI=1S/C15H25N3O/c1-13-4-3-5-14(17-13)10-18(2)12-15(11-16)6-8-19-9-7-15/h3-5H,6-12,16H2,1-2H3. The van der Waals surface area contributed by atoms with E-state index in [-0.39, 0.29) is 5.41 Å². The van der Waals surface area contributed by atoms with Gasteiger partial charge in [-0.3, -0.25) is 9.88 Å². The maximum atomic E-state index is 6.01. The minimum Gasteiger partial charge on any atom is -0.381 e. The molecule has 2 rings (SSSR count). The van der Waals surface area contributed by atoms with Gasteiger partial charge in [-0.05, 0) is 50.9 Å². The third-order valence-corrected chi connectivity index (χ3v) is 3.97. The van der Waals surface area contributed by atoms with Crippen LogP contribution in [0.3, 0.4) is 0 Å². The van der Waals surface area contributed by atoms with Crippen LogP contribution in [0.2, 0.25) is 0 Å². The van der Waals surface area contributed by atoms with Crippen molar-refractivity contribution in [2.24, 2.45) is 11.1 Å². The summed E-state index contributed by atoms with van der Waals surface area (Å²) in [5, 5.41) is 0. The van der Waals surface area contributed by atoms with Gasteiger partial charge in [-0.15, -0.1) is 0 Å². The van der Waals surface area contributed by atoms with Gasteiger partial charge in [-0.2, -0.15) is 0 Å². The van der Waals surface area contributed by atoms with E-state index in [4.69, 9.17) is 10.5 Å². The number of nitrogens with two attached hydrogens (primary N) is 1. The Hall–Kier alpha value is -0.970. The predicted octanol–water partition coefficient (Wildman–Crippen LogP) is 1.58. The summed E-state index contributed by atoms with van der Waals surface area (Å²) < 4.78 is 5.46. The zero-order chi connectivity index (χ0) is 13.7. The summed E-state index contributed by atoms with van der Waals surface area (Å²) in [7, 11) is 2.15. The first kappa shape index (κ1) is 14.4. The summed E-state index contributed by atoms with van der Waals surface area (Å²) in [5.41, 5.74) is 8.43. The van der Waals surface area contributed by atoms with Crippen molar-refractivity contribution in [2.75, 3.05) is 33.4 Å². The molecule has 19 heavy (non-hydrogen) atoms. The minimum atomic E-state index is 0.219. The fourth-order valence-corrected chi connectivity index (χ4v) is 2.82. The zero-order valence-electron chi connectivity index (χ0n) is 12.1. The molecule has 0 amide bonds. The van der Waals surface area contributed by atoms with Crippen LogP contribution in [0, 0.1) is 12.3 Å². The van der Waals surface area contributed by atoms with Crippen molar-refractivity contribution in [3.63, 3.8) is 0 Å². The number of ether oxygens (including phenoxy) is 1. The van der Waals surface area contributed by atoms with Crippen LogP contribution in [-0.2, 0) is 11.3 Å². The van der Waals surface area contributed by atoms with Gasteiger partial charge in [0.1, 0.15) is 0 Å². The molecule has 1 aliphatic rings. The molecule has 4 heteroatoms. The molecular formula is C15H25N3O. The van der Waals surface area contributed by atoms with Crippen molar-refractivity contribution in [1.82, 2.24) is 9.88 Å². The van der Waals surface area contributed by atoms with E-state index in [1.807, 2.05) is 13.0 Å². The van der Waals surface area contributed by atoms with E-state index in [0.29, 0.717) is 0 Å². The van der Waals surface area contributed by atoms with Crippen LogP contribution in [-0.4, -0.2) is 43.2 Å². The molecule has 0 aromatic carbocycles. The smallest absolute Gasteiger partial charge is 0.0547 e. The average molecular weight is 263 g/mol. The van der Waals surface area contributed by atoms with Crippen LogP contribution in [0.4, 0.5) is 0 Å². The molecule has 2 N–H and O–H groups in total. The van der Waals surface area contributed by atoms with E-state index in [0.717, 1.165) is 57.1 Å². The molecule has 0 bridgehead atoms. The highest BCUT2D eigenvalue weighted by Crippen LogP contribution is 2.30. The number of rotatable bonds is 5. The fourth-order valence-electron chi connectivity index (χ4n) is 2.82. The molecule has 0 unspecified atom stereocenters. The van der Waals surface area contributed by atoms with E-state index in [2.05, 4.69) is 29.1 Å². The van der Waals surface area contributed by atoms with E-state index < -0.39 is 0 Å². The molecular weight excluding hydrogens is 238 g/mol. The van der Waals surface area contributed by atoms with Gasteiger partial charge < -0.3 is 10.5 Å². The number of pyridine rings is 1. The second-order valence-electron chi connectivity index (χ2n) is 5.76. The van der Waals surface area contributed by atoms with Crippen LogP contribution in [0.5, 0.6) is 0 Å². The second kappa shape index (κ2) is 6.46. The van der Waals surface area contributed by atoms with Crippen molar-refractivity contribution in [2.45, 2.75) is 26.3 Å². The minimum absolute atomic E-state index is 0.219. The first-order valence-corrected chi connectivity index (χ1v) is 7.02. The first-order chi connectivity index (χ1) is 9.13.